The molecule has 2 unspecified atom stereocenters. The van der Waals surface area contributed by atoms with E-state index in [1.54, 1.807) is 0 Å². The summed E-state index contributed by atoms with van der Waals surface area (Å²) in [7, 11) is 0. The molecule has 19 heavy (non-hydrogen) atoms. The number of fused-ring (bicyclic) bond motifs is 1. The van der Waals surface area contributed by atoms with Gasteiger partial charge in [0.15, 0.2) is 0 Å². The first kappa shape index (κ1) is 15.2. The molecule has 0 aromatic heterocycles. The minimum atomic E-state index is 0.419. The summed E-state index contributed by atoms with van der Waals surface area (Å²) >= 11 is 5.56. The van der Waals surface area contributed by atoms with Crippen LogP contribution >= 0.6 is 27.7 Å². The number of rotatable bonds is 6. The van der Waals surface area contributed by atoms with Gasteiger partial charge in [-0.25, -0.2) is 0 Å². The van der Waals surface area contributed by atoms with E-state index in [2.05, 4.69) is 47.2 Å². The Balaban J connectivity index is 1.97. The maximum absolute atomic E-state index is 5.72. The molecule has 1 aromatic carbocycles. The van der Waals surface area contributed by atoms with Crippen LogP contribution in [0.25, 0.3) is 0 Å². The van der Waals surface area contributed by atoms with Gasteiger partial charge in [0.25, 0.3) is 0 Å². The summed E-state index contributed by atoms with van der Waals surface area (Å²) in [6.07, 6.45) is 2.27. The second-order valence-corrected chi connectivity index (χ2v) is 7.23. The maximum atomic E-state index is 5.72. The third-order valence-corrected chi connectivity index (χ3v) is 4.82. The quantitative estimate of drug-likeness (QED) is 0.773. The van der Waals surface area contributed by atoms with E-state index in [1.807, 2.05) is 17.8 Å². The minimum absolute atomic E-state index is 0.419. The fourth-order valence-electron chi connectivity index (χ4n) is 2.37. The highest BCUT2D eigenvalue weighted by Crippen LogP contribution is 2.34. The van der Waals surface area contributed by atoms with Crippen molar-refractivity contribution in [3.63, 3.8) is 0 Å². The van der Waals surface area contributed by atoms with Crippen LogP contribution in [0.3, 0.4) is 0 Å². The number of hydrogen-bond donors (Lipinski definition) is 1. The van der Waals surface area contributed by atoms with Gasteiger partial charge in [-0.3, -0.25) is 0 Å². The predicted molar refractivity (Wildman–Crippen MR) is 87.2 cm³/mol. The van der Waals surface area contributed by atoms with E-state index in [1.165, 1.54) is 23.5 Å². The van der Waals surface area contributed by atoms with Crippen LogP contribution < -0.4 is 10.1 Å². The Morgan fingerprint density at radius 3 is 3.16 bits per heavy atom. The molecular weight excluding hydrogens is 322 g/mol. The zero-order valence-corrected chi connectivity index (χ0v) is 14.0. The number of nitrogens with one attached hydrogen (secondary N) is 1. The maximum Gasteiger partial charge on any atom is 0.124 e. The average molecular weight is 344 g/mol. The van der Waals surface area contributed by atoms with Gasteiger partial charge in [-0.2, -0.15) is 11.8 Å². The van der Waals surface area contributed by atoms with E-state index in [0.717, 1.165) is 23.2 Å². The molecule has 0 saturated heterocycles. The molecule has 106 valence electrons. The summed E-state index contributed by atoms with van der Waals surface area (Å²) in [5.41, 5.74) is 1.29. The van der Waals surface area contributed by atoms with Crippen molar-refractivity contribution in [3.8, 4) is 5.75 Å². The largest absolute Gasteiger partial charge is 0.493 e. The monoisotopic (exact) mass is 343 g/mol. The zero-order valence-electron chi connectivity index (χ0n) is 11.6. The smallest absolute Gasteiger partial charge is 0.124 e. The molecule has 1 heterocycles. The molecule has 4 heteroatoms. The van der Waals surface area contributed by atoms with Crippen molar-refractivity contribution < 1.29 is 4.74 Å². The number of benzene rings is 1. The average Bonchev–Trinajstić information content (AvgIpc) is 2.40. The highest BCUT2D eigenvalue weighted by atomic mass is 79.9. The Morgan fingerprint density at radius 1 is 1.53 bits per heavy atom. The Morgan fingerprint density at radius 2 is 2.37 bits per heavy atom. The Hall–Kier alpha value is -0.190. The topological polar surface area (TPSA) is 21.3 Å². The fourth-order valence-corrected chi connectivity index (χ4v) is 3.56. The van der Waals surface area contributed by atoms with Crippen molar-refractivity contribution in [2.24, 2.45) is 0 Å². The number of halogens is 1. The first-order valence-electron chi connectivity index (χ1n) is 6.96. The molecule has 0 fully saturated rings. The van der Waals surface area contributed by atoms with Crippen molar-refractivity contribution >= 4 is 27.7 Å². The molecule has 0 spiro atoms. The van der Waals surface area contributed by atoms with E-state index in [9.17, 15) is 0 Å². The lowest BCUT2D eigenvalue weighted by Crippen LogP contribution is -2.34. The van der Waals surface area contributed by atoms with E-state index in [0.29, 0.717) is 12.1 Å². The molecule has 0 aliphatic carbocycles. The Kier molecular flexibility index (Phi) is 6.05. The van der Waals surface area contributed by atoms with E-state index >= 15 is 0 Å². The van der Waals surface area contributed by atoms with Gasteiger partial charge in [0.1, 0.15) is 5.75 Å². The number of thioether (sulfide) groups is 1. The van der Waals surface area contributed by atoms with E-state index in [-0.39, 0.29) is 0 Å². The van der Waals surface area contributed by atoms with Gasteiger partial charge in [0, 0.05) is 28.5 Å². The standard InChI is InChI=1S/C15H22BrNOS/c1-3-19-9-7-11(2)17-14-6-8-18-15-5-4-12(16)10-13(14)15/h4-5,10-11,14,17H,3,6-9H2,1-2H3. The summed E-state index contributed by atoms with van der Waals surface area (Å²) in [6, 6.07) is 7.25. The van der Waals surface area contributed by atoms with Crippen LogP contribution in [-0.4, -0.2) is 24.2 Å². The van der Waals surface area contributed by atoms with Crippen LogP contribution in [0.5, 0.6) is 5.75 Å². The number of hydrogen-bond acceptors (Lipinski definition) is 3. The molecule has 0 radical (unpaired) electrons. The van der Waals surface area contributed by atoms with Gasteiger partial charge < -0.3 is 10.1 Å². The highest BCUT2D eigenvalue weighted by molar-refractivity contribution is 9.10. The molecule has 0 saturated carbocycles. The molecule has 1 N–H and O–H groups in total. The third kappa shape index (κ3) is 4.40. The molecule has 1 aromatic rings. The summed E-state index contributed by atoms with van der Waals surface area (Å²) in [5.74, 6) is 3.47. The van der Waals surface area contributed by atoms with Gasteiger partial charge in [-0.05, 0) is 43.0 Å². The lowest BCUT2D eigenvalue weighted by molar-refractivity contribution is 0.245. The molecule has 0 amide bonds. The second kappa shape index (κ2) is 7.55. The summed E-state index contributed by atoms with van der Waals surface area (Å²) in [6.45, 7) is 5.31. The molecule has 2 rings (SSSR count). The summed E-state index contributed by atoms with van der Waals surface area (Å²) < 4.78 is 6.85. The van der Waals surface area contributed by atoms with Crippen molar-refractivity contribution in [3.05, 3.63) is 28.2 Å². The molecule has 1 aliphatic heterocycles. The van der Waals surface area contributed by atoms with Crippen molar-refractivity contribution in [1.82, 2.24) is 5.32 Å². The summed E-state index contributed by atoms with van der Waals surface area (Å²) in [4.78, 5) is 0. The second-order valence-electron chi connectivity index (χ2n) is 4.93. The predicted octanol–water partition coefficient (Wildman–Crippen LogP) is 4.39. The van der Waals surface area contributed by atoms with Crippen LogP contribution in [0, 0.1) is 0 Å². The Bertz CT molecular complexity index is 413. The molecule has 2 atom stereocenters. The Labute approximate surface area is 128 Å². The van der Waals surface area contributed by atoms with Gasteiger partial charge in [-0.15, -0.1) is 0 Å². The van der Waals surface area contributed by atoms with Gasteiger partial charge in [0.2, 0.25) is 0 Å². The van der Waals surface area contributed by atoms with Crippen molar-refractivity contribution in [1.29, 1.82) is 0 Å². The number of ether oxygens (including phenoxy) is 1. The summed E-state index contributed by atoms with van der Waals surface area (Å²) in [5, 5.41) is 3.75. The van der Waals surface area contributed by atoms with Gasteiger partial charge in [-0.1, -0.05) is 22.9 Å². The first-order chi connectivity index (χ1) is 9.20. The zero-order chi connectivity index (χ0) is 13.7. The highest BCUT2D eigenvalue weighted by Gasteiger charge is 2.22. The van der Waals surface area contributed by atoms with Crippen LogP contribution in [-0.2, 0) is 0 Å². The lowest BCUT2D eigenvalue weighted by atomic mass is 9.99. The van der Waals surface area contributed by atoms with Crippen LogP contribution in [0.15, 0.2) is 22.7 Å². The minimum Gasteiger partial charge on any atom is -0.493 e. The molecular formula is C15H22BrNOS. The lowest BCUT2D eigenvalue weighted by Gasteiger charge is -2.29. The van der Waals surface area contributed by atoms with Crippen molar-refractivity contribution in [2.45, 2.75) is 38.8 Å². The van der Waals surface area contributed by atoms with Crippen molar-refractivity contribution in [2.75, 3.05) is 18.1 Å². The normalized spacial score (nSPS) is 19.6. The molecule has 2 nitrogen and oxygen atoms in total. The van der Waals surface area contributed by atoms with Crippen LogP contribution in [0.4, 0.5) is 0 Å². The van der Waals surface area contributed by atoms with Gasteiger partial charge in [0.05, 0.1) is 6.61 Å². The first-order valence-corrected chi connectivity index (χ1v) is 8.91. The van der Waals surface area contributed by atoms with E-state index < -0.39 is 0 Å². The van der Waals surface area contributed by atoms with Crippen LogP contribution in [0.2, 0.25) is 0 Å². The molecule has 1 aliphatic rings. The molecule has 0 bridgehead atoms. The van der Waals surface area contributed by atoms with Gasteiger partial charge >= 0.3 is 0 Å². The third-order valence-electron chi connectivity index (χ3n) is 3.40. The fraction of sp³-hybridized carbons (Fsp3) is 0.600. The van der Waals surface area contributed by atoms with Crippen LogP contribution in [0.1, 0.15) is 38.3 Å². The van der Waals surface area contributed by atoms with E-state index in [4.69, 9.17) is 4.74 Å². The SMILES string of the molecule is CCSCCC(C)NC1CCOc2ccc(Br)cc21.